The molecule has 0 aliphatic heterocycles. The van der Waals surface area contributed by atoms with Crippen LogP contribution in [0.15, 0.2) is 68.2 Å². The number of hydrogen-bond donors (Lipinski definition) is 0. The maximum atomic E-state index is 14.1. The molecule has 1 aliphatic carbocycles. The molecule has 0 bridgehead atoms. The van der Waals surface area contributed by atoms with Gasteiger partial charge in [-0.2, -0.15) is 16.8 Å². The lowest BCUT2D eigenvalue weighted by atomic mass is 10.1. The third-order valence-corrected chi connectivity index (χ3v) is 10.1. The summed E-state index contributed by atoms with van der Waals surface area (Å²) >= 11 is 0. The lowest BCUT2D eigenvalue weighted by Gasteiger charge is -2.29. The average molecular weight is 472 g/mol. The summed E-state index contributed by atoms with van der Waals surface area (Å²) in [7, 11) is -11.6. The zero-order valence-corrected chi connectivity index (χ0v) is 19.3. The zero-order valence-electron chi connectivity index (χ0n) is 16.9. The molecule has 1 saturated carbocycles. The van der Waals surface area contributed by atoms with Crippen LogP contribution in [0.3, 0.4) is 0 Å². The van der Waals surface area contributed by atoms with Crippen LogP contribution in [0, 0.1) is 6.92 Å². The molecule has 3 rings (SSSR count). The number of rotatable bonds is 7. The molecule has 1 unspecified atom stereocenters. The molecular formula is C20H25NO6S3. The molecule has 164 valence electrons. The van der Waals surface area contributed by atoms with Gasteiger partial charge in [0, 0.05) is 4.90 Å². The van der Waals surface area contributed by atoms with E-state index in [1.807, 2.05) is 6.92 Å². The maximum absolute atomic E-state index is 14.1. The van der Waals surface area contributed by atoms with Crippen LogP contribution < -0.4 is 0 Å². The molecule has 2 aromatic rings. The molecule has 0 spiro atoms. The van der Waals surface area contributed by atoms with Crippen molar-refractivity contribution in [1.29, 1.82) is 0 Å². The van der Waals surface area contributed by atoms with Gasteiger partial charge < -0.3 is 0 Å². The number of nitrogens with zero attached hydrogens (tertiary/aromatic N) is 1. The monoisotopic (exact) mass is 471 g/mol. The quantitative estimate of drug-likeness (QED) is 0.572. The molecule has 0 amide bonds. The van der Waals surface area contributed by atoms with Gasteiger partial charge in [0.25, 0.3) is 20.1 Å². The van der Waals surface area contributed by atoms with Crippen molar-refractivity contribution in [3.8, 4) is 0 Å². The summed E-state index contributed by atoms with van der Waals surface area (Å²) < 4.78 is 73.1. The van der Waals surface area contributed by atoms with Crippen LogP contribution in [0.1, 0.15) is 31.2 Å². The van der Waals surface area contributed by atoms with Gasteiger partial charge in [-0.1, -0.05) is 48.7 Å². The van der Waals surface area contributed by atoms with E-state index in [4.69, 9.17) is 4.18 Å². The van der Waals surface area contributed by atoms with E-state index in [2.05, 4.69) is 3.77 Å². The average Bonchev–Trinajstić information content (AvgIpc) is 3.08. The molecule has 2 aromatic carbocycles. The molecule has 1 atom stereocenters. The summed E-state index contributed by atoms with van der Waals surface area (Å²) in [5, 5.41) is 0. The van der Waals surface area contributed by atoms with Crippen LogP contribution in [0.25, 0.3) is 0 Å². The van der Waals surface area contributed by atoms with Crippen molar-refractivity contribution in [2.45, 2.75) is 48.0 Å². The summed E-state index contributed by atoms with van der Waals surface area (Å²) in [6, 6.07) is 14.2. The van der Waals surface area contributed by atoms with E-state index in [1.54, 1.807) is 42.5 Å². The van der Waals surface area contributed by atoms with Gasteiger partial charge in [0.1, 0.15) is 5.60 Å². The molecule has 0 radical (unpaired) electrons. The Morgan fingerprint density at radius 1 is 0.867 bits per heavy atom. The van der Waals surface area contributed by atoms with Gasteiger partial charge in [0.05, 0.1) is 26.6 Å². The molecule has 7 nitrogen and oxygen atoms in total. The molecule has 0 heterocycles. The fourth-order valence-corrected chi connectivity index (χ4v) is 9.05. The van der Waals surface area contributed by atoms with Crippen LogP contribution in [0.2, 0.25) is 0 Å². The summed E-state index contributed by atoms with van der Waals surface area (Å²) in [6.07, 6.45) is 3.07. The van der Waals surface area contributed by atoms with E-state index in [1.165, 1.54) is 12.1 Å². The van der Waals surface area contributed by atoms with Crippen LogP contribution in [-0.2, 0) is 34.1 Å². The van der Waals surface area contributed by atoms with Gasteiger partial charge in [-0.3, -0.25) is 4.18 Å². The fraction of sp³-hybridized carbons (Fsp3) is 0.400. The summed E-state index contributed by atoms with van der Waals surface area (Å²) in [5.74, 6) is -0.317. The highest BCUT2D eigenvalue weighted by molar-refractivity contribution is 8.03. The van der Waals surface area contributed by atoms with Crippen LogP contribution in [0.4, 0.5) is 0 Å². The third kappa shape index (κ3) is 5.48. The van der Waals surface area contributed by atoms with Gasteiger partial charge in [-0.15, -0.1) is 3.77 Å². The lowest BCUT2D eigenvalue weighted by Crippen LogP contribution is -2.39. The molecule has 1 fully saturated rings. The minimum atomic E-state index is -4.25. The second-order valence-corrected chi connectivity index (χ2v) is 13.3. The second-order valence-electron chi connectivity index (χ2n) is 7.64. The highest BCUT2D eigenvalue weighted by atomic mass is 32.3. The number of sulfonamides is 1. The smallest absolute Gasteiger partial charge is 0.263 e. The largest absolute Gasteiger partial charge is 0.290 e. The van der Waals surface area contributed by atoms with Gasteiger partial charge in [0.2, 0.25) is 0 Å². The van der Waals surface area contributed by atoms with Crippen molar-refractivity contribution in [3.05, 3.63) is 60.2 Å². The van der Waals surface area contributed by atoms with Crippen molar-refractivity contribution in [2.24, 2.45) is 3.77 Å². The standard InChI is InChI=1S/C20H25NO6S3/c1-17-10-12-19(13-11-17)30(25,26)21-29(24,18-8-4-3-5-9-18)16-20(14-6-7-15-20)27-28(2,22)23/h3-5,8-13H,6-7,14-16H2,1-2H3. The molecule has 0 saturated heterocycles. The van der Waals surface area contributed by atoms with E-state index >= 15 is 0 Å². The second kappa shape index (κ2) is 8.41. The van der Waals surface area contributed by atoms with Gasteiger partial charge >= 0.3 is 0 Å². The Hall–Kier alpha value is -1.75. The van der Waals surface area contributed by atoms with Crippen LogP contribution in [0.5, 0.6) is 0 Å². The van der Waals surface area contributed by atoms with E-state index < -0.39 is 35.5 Å². The first-order valence-corrected chi connectivity index (χ1v) is 14.4. The fourth-order valence-electron chi connectivity index (χ4n) is 3.65. The summed E-state index contributed by atoms with van der Waals surface area (Å²) in [5.41, 5.74) is -0.364. The Balaban J connectivity index is 2.16. The Morgan fingerprint density at radius 2 is 1.43 bits per heavy atom. The van der Waals surface area contributed by atoms with E-state index in [0.717, 1.165) is 11.8 Å². The maximum Gasteiger partial charge on any atom is 0.290 e. The van der Waals surface area contributed by atoms with E-state index in [0.29, 0.717) is 25.7 Å². The van der Waals surface area contributed by atoms with Crippen LogP contribution in [-0.4, -0.2) is 38.7 Å². The predicted molar refractivity (Wildman–Crippen MR) is 116 cm³/mol. The molecule has 10 heteroatoms. The minimum absolute atomic E-state index is 0.0683. The Morgan fingerprint density at radius 3 is 1.97 bits per heavy atom. The molecule has 30 heavy (non-hydrogen) atoms. The highest BCUT2D eigenvalue weighted by Gasteiger charge is 2.42. The molecule has 0 N–H and O–H groups in total. The van der Waals surface area contributed by atoms with Gasteiger partial charge in [-0.05, 0) is 44.0 Å². The highest BCUT2D eigenvalue weighted by Crippen LogP contribution is 2.38. The van der Waals surface area contributed by atoms with Crippen molar-refractivity contribution in [1.82, 2.24) is 0 Å². The van der Waals surface area contributed by atoms with Crippen molar-refractivity contribution >= 4 is 29.9 Å². The Kier molecular flexibility index (Phi) is 6.43. The van der Waals surface area contributed by atoms with Crippen LogP contribution >= 0.6 is 0 Å². The molecular weight excluding hydrogens is 446 g/mol. The van der Waals surface area contributed by atoms with Crippen molar-refractivity contribution in [3.63, 3.8) is 0 Å². The minimum Gasteiger partial charge on any atom is -0.263 e. The Labute approximate surface area is 178 Å². The van der Waals surface area contributed by atoms with E-state index in [-0.39, 0.29) is 15.5 Å². The predicted octanol–water partition coefficient (Wildman–Crippen LogP) is 3.50. The van der Waals surface area contributed by atoms with Gasteiger partial charge in [0.15, 0.2) is 0 Å². The van der Waals surface area contributed by atoms with Gasteiger partial charge in [-0.25, -0.2) is 4.21 Å². The Bertz CT molecular complexity index is 1220. The first kappa shape index (κ1) is 22.9. The van der Waals surface area contributed by atoms with Crippen molar-refractivity contribution in [2.75, 3.05) is 12.0 Å². The molecule has 0 aromatic heterocycles. The normalized spacial score (nSPS) is 18.6. The molecule has 1 aliphatic rings. The number of aryl methyl sites for hydroxylation is 1. The summed E-state index contributed by atoms with van der Waals surface area (Å²) in [6.45, 7) is 1.83. The van der Waals surface area contributed by atoms with E-state index in [9.17, 15) is 21.0 Å². The SMILES string of the molecule is Cc1ccc(S(=O)(=O)N=S(=O)(CC2(OS(C)(=O)=O)CCCC2)c2ccccc2)cc1. The number of hydrogen-bond acceptors (Lipinski definition) is 6. The number of benzene rings is 2. The van der Waals surface area contributed by atoms with Crippen molar-refractivity contribution < 1.29 is 25.2 Å². The summed E-state index contributed by atoms with van der Waals surface area (Å²) in [4.78, 5) is 0.158. The zero-order chi connectivity index (χ0) is 22.0. The first-order valence-electron chi connectivity index (χ1n) is 9.47. The third-order valence-electron chi connectivity index (χ3n) is 4.95. The lowest BCUT2D eigenvalue weighted by molar-refractivity contribution is 0.110. The topological polar surface area (TPSA) is 107 Å². The first-order chi connectivity index (χ1) is 13.9.